The van der Waals surface area contributed by atoms with Gasteiger partial charge in [0.1, 0.15) is 0 Å². The number of amides is 3. The number of carbonyl (C=O) groups excluding carboxylic acids is 2. The summed E-state index contributed by atoms with van der Waals surface area (Å²) in [7, 11) is 0. The fourth-order valence-corrected chi connectivity index (χ4v) is 2.78. The van der Waals surface area contributed by atoms with E-state index in [0.29, 0.717) is 11.4 Å². The van der Waals surface area contributed by atoms with Crippen LogP contribution in [0.5, 0.6) is 0 Å². The Bertz CT molecular complexity index is 500. The maximum Gasteiger partial charge on any atom is 0.325 e. The molecule has 1 fully saturated rings. The molecule has 96 valence electrons. The van der Waals surface area contributed by atoms with Crippen molar-refractivity contribution in [3.8, 4) is 0 Å². The number of carbonyl (C=O) groups is 2. The van der Waals surface area contributed by atoms with Gasteiger partial charge in [0.15, 0.2) is 5.54 Å². The van der Waals surface area contributed by atoms with E-state index in [4.69, 9.17) is 18.0 Å². The standard InChI is InChI=1S/C11H13N3O2S2/c1-11(7-3-2-6-18-7)9(15)14(10(16)13-11)5-4-8(12)17/h2-3,6H,4-5H2,1H3,(H2,12,17)(H,13,16). The topological polar surface area (TPSA) is 75.4 Å². The number of rotatable bonds is 4. The molecule has 7 heteroatoms. The first-order valence-corrected chi connectivity index (χ1v) is 6.70. The summed E-state index contributed by atoms with van der Waals surface area (Å²) < 4.78 is 0. The summed E-state index contributed by atoms with van der Waals surface area (Å²) in [6.45, 7) is 1.93. The highest BCUT2D eigenvalue weighted by Crippen LogP contribution is 2.31. The second kappa shape index (κ2) is 4.66. The Labute approximate surface area is 114 Å². The molecule has 1 aromatic rings. The third-order valence-corrected chi connectivity index (χ3v) is 4.17. The summed E-state index contributed by atoms with van der Waals surface area (Å²) in [5, 5.41) is 4.59. The van der Waals surface area contributed by atoms with E-state index in [9.17, 15) is 9.59 Å². The Morgan fingerprint density at radius 3 is 2.89 bits per heavy atom. The van der Waals surface area contributed by atoms with Crippen LogP contribution in [0.3, 0.4) is 0 Å². The van der Waals surface area contributed by atoms with Gasteiger partial charge in [-0.25, -0.2) is 4.79 Å². The summed E-state index contributed by atoms with van der Waals surface area (Å²) in [5.74, 6) is -0.258. The third kappa shape index (κ3) is 2.11. The smallest absolute Gasteiger partial charge is 0.325 e. The van der Waals surface area contributed by atoms with Gasteiger partial charge in [-0.3, -0.25) is 9.69 Å². The van der Waals surface area contributed by atoms with Crippen molar-refractivity contribution in [1.29, 1.82) is 0 Å². The molecular formula is C11H13N3O2S2. The van der Waals surface area contributed by atoms with E-state index in [2.05, 4.69) is 5.32 Å². The summed E-state index contributed by atoms with van der Waals surface area (Å²) in [4.78, 5) is 26.4. The minimum Gasteiger partial charge on any atom is -0.393 e. The quantitative estimate of drug-likeness (QED) is 0.643. The molecule has 0 spiro atoms. The Balaban J connectivity index is 2.21. The highest BCUT2D eigenvalue weighted by Gasteiger charge is 2.49. The highest BCUT2D eigenvalue weighted by molar-refractivity contribution is 7.80. The van der Waals surface area contributed by atoms with Crippen LogP contribution in [-0.2, 0) is 10.3 Å². The number of nitrogens with zero attached hydrogens (tertiary/aromatic N) is 1. The fraction of sp³-hybridized carbons (Fsp3) is 0.364. The number of hydrogen-bond acceptors (Lipinski definition) is 4. The minimum atomic E-state index is -0.971. The first-order valence-electron chi connectivity index (χ1n) is 5.41. The molecule has 0 aliphatic carbocycles. The first-order chi connectivity index (χ1) is 8.45. The minimum absolute atomic E-state index is 0.223. The van der Waals surface area contributed by atoms with Gasteiger partial charge in [0.2, 0.25) is 0 Å². The van der Waals surface area contributed by atoms with Gasteiger partial charge in [-0.05, 0) is 18.4 Å². The molecule has 5 nitrogen and oxygen atoms in total. The molecular weight excluding hydrogens is 270 g/mol. The van der Waals surface area contributed by atoms with Crippen LogP contribution in [0.2, 0.25) is 0 Å². The van der Waals surface area contributed by atoms with Crippen LogP contribution in [0.4, 0.5) is 4.79 Å². The van der Waals surface area contributed by atoms with Crippen molar-refractivity contribution in [3.05, 3.63) is 22.4 Å². The van der Waals surface area contributed by atoms with Crippen LogP contribution in [-0.4, -0.2) is 28.4 Å². The van der Waals surface area contributed by atoms with Crippen LogP contribution in [0.1, 0.15) is 18.2 Å². The normalized spacial score (nSPS) is 23.3. The number of imide groups is 1. The maximum atomic E-state index is 12.3. The van der Waals surface area contributed by atoms with E-state index < -0.39 is 11.6 Å². The van der Waals surface area contributed by atoms with E-state index in [1.165, 1.54) is 16.2 Å². The van der Waals surface area contributed by atoms with Gasteiger partial charge in [-0.2, -0.15) is 0 Å². The highest BCUT2D eigenvalue weighted by atomic mass is 32.1. The summed E-state index contributed by atoms with van der Waals surface area (Å²) in [6, 6.07) is 3.29. The Kier molecular flexibility index (Phi) is 3.36. The van der Waals surface area contributed by atoms with Crippen molar-refractivity contribution in [2.24, 2.45) is 5.73 Å². The molecule has 1 aliphatic rings. The van der Waals surface area contributed by atoms with Gasteiger partial charge < -0.3 is 11.1 Å². The van der Waals surface area contributed by atoms with Crippen molar-refractivity contribution >= 4 is 40.5 Å². The lowest BCUT2D eigenvalue weighted by Crippen LogP contribution is -2.40. The van der Waals surface area contributed by atoms with Crippen LogP contribution < -0.4 is 11.1 Å². The molecule has 3 amide bonds. The van der Waals surface area contributed by atoms with Gasteiger partial charge in [0.25, 0.3) is 5.91 Å². The lowest BCUT2D eigenvalue weighted by molar-refractivity contribution is -0.130. The molecule has 18 heavy (non-hydrogen) atoms. The molecule has 2 heterocycles. The van der Waals surface area contributed by atoms with E-state index in [1.807, 2.05) is 17.5 Å². The van der Waals surface area contributed by atoms with Crippen molar-refractivity contribution in [2.75, 3.05) is 6.54 Å². The second-order valence-electron chi connectivity index (χ2n) is 4.21. The largest absolute Gasteiger partial charge is 0.393 e. The zero-order chi connectivity index (χ0) is 13.3. The number of thiophene rings is 1. The van der Waals surface area contributed by atoms with E-state index in [0.717, 1.165) is 4.88 Å². The van der Waals surface area contributed by atoms with E-state index in [1.54, 1.807) is 6.92 Å². The van der Waals surface area contributed by atoms with Gasteiger partial charge >= 0.3 is 6.03 Å². The Morgan fingerprint density at radius 2 is 2.33 bits per heavy atom. The average molecular weight is 283 g/mol. The molecule has 2 rings (SSSR count). The third-order valence-electron chi connectivity index (χ3n) is 2.87. The molecule has 0 saturated carbocycles. The van der Waals surface area contributed by atoms with Crippen LogP contribution in [0.15, 0.2) is 17.5 Å². The molecule has 0 bridgehead atoms. The average Bonchev–Trinajstić information content (AvgIpc) is 2.87. The van der Waals surface area contributed by atoms with Crippen molar-refractivity contribution < 1.29 is 9.59 Å². The number of hydrogen-bond donors (Lipinski definition) is 2. The predicted molar refractivity (Wildman–Crippen MR) is 73.3 cm³/mol. The van der Waals surface area contributed by atoms with Gasteiger partial charge in [0, 0.05) is 17.8 Å². The molecule has 1 atom stereocenters. The zero-order valence-electron chi connectivity index (χ0n) is 9.80. The van der Waals surface area contributed by atoms with Crippen molar-refractivity contribution in [1.82, 2.24) is 10.2 Å². The van der Waals surface area contributed by atoms with Crippen molar-refractivity contribution in [2.45, 2.75) is 18.9 Å². The second-order valence-corrected chi connectivity index (χ2v) is 5.68. The fourth-order valence-electron chi connectivity index (χ4n) is 1.85. The van der Waals surface area contributed by atoms with Crippen LogP contribution in [0.25, 0.3) is 0 Å². The van der Waals surface area contributed by atoms with Crippen LogP contribution in [0, 0.1) is 0 Å². The molecule has 1 unspecified atom stereocenters. The van der Waals surface area contributed by atoms with E-state index >= 15 is 0 Å². The van der Waals surface area contributed by atoms with Gasteiger partial charge in [-0.1, -0.05) is 18.3 Å². The van der Waals surface area contributed by atoms with Crippen LogP contribution >= 0.6 is 23.6 Å². The molecule has 1 aliphatic heterocycles. The molecule has 3 N–H and O–H groups in total. The lowest BCUT2D eigenvalue weighted by atomic mass is 10.0. The van der Waals surface area contributed by atoms with Crippen molar-refractivity contribution in [3.63, 3.8) is 0 Å². The zero-order valence-corrected chi connectivity index (χ0v) is 11.4. The number of thiocarbonyl (C=S) groups is 1. The molecule has 1 saturated heterocycles. The maximum absolute atomic E-state index is 12.3. The summed E-state index contributed by atoms with van der Waals surface area (Å²) in [5.41, 5.74) is 4.42. The lowest BCUT2D eigenvalue weighted by Gasteiger charge is -2.19. The Hall–Kier alpha value is -1.47. The van der Waals surface area contributed by atoms with E-state index in [-0.39, 0.29) is 12.5 Å². The summed E-state index contributed by atoms with van der Waals surface area (Å²) >= 11 is 6.19. The monoisotopic (exact) mass is 283 g/mol. The predicted octanol–water partition coefficient (Wildman–Crippen LogP) is 1.19. The SMILES string of the molecule is CC1(c2cccs2)NC(=O)N(CCC(N)=S)C1=O. The summed E-state index contributed by atoms with van der Waals surface area (Å²) in [6.07, 6.45) is 0.342. The van der Waals surface area contributed by atoms with Gasteiger partial charge in [0.05, 0.1) is 4.99 Å². The number of urea groups is 1. The first kappa shape index (κ1) is 13.0. The Morgan fingerprint density at radius 1 is 1.61 bits per heavy atom. The number of nitrogens with two attached hydrogens (primary N) is 1. The molecule has 0 aromatic carbocycles. The van der Waals surface area contributed by atoms with Gasteiger partial charge in [-0.15, -0.1) is 11.3 Å². The molecule has 1 aromatic heterocycles. The number of nitrogens with one attached hydrogen (secondary N) is 1. The molecule has 0 radical (unpaired) electrons.